The summed E-state index contributed by atoms with van der Waals surface area (Å²) in [5, 5.41) is 3.01. The van der Waals surface area contributed by atoms with Crippen LogP contribution >= 0.6 is 15.9 Å². The zero-order valence-corrected chi connectivity index (χ0v) is 18.0. The quantitative estimate of drug-likeness (QED) is 0.656. The molecular formula is C23H20BrN3O3. The lowest BCUT2D eigenvalue weighted by atomic mass is 9.75. The Hall–Kier alpha value is -2.51. The van der Waals surface area contributed by atoms with Crippen molar-refractivity contribution in [1.29, 1.82) is 0 Å². The summed E-state index contributed by atoms with van der Waals surface area (Å²) in [4.78, 5) is 44.5. The van der Waals surface area contributed by atoms with E-state index in [1.807, 2.05) is 43.3 Å². The molecule has 0 aromatic heterocycles. The standard InChI is InChI=1S/C23H20BrN3O3/c1-12-8-9-15-13(11-12)23(22(30)25-15)19-18(17-7-4-10-26(17)23)20(28)27(21(19)29)16-6-3-2-5-14(16)24/h2-3,5-6,8-9,11,17-19H,4,7,10H2,1H3,(H,25,30)/t17-,18-,19+,23-/m1/s1. The average Bonchev–Trinajstić information content (AvgIpc) is 3.42. The number of aryl methyl sites for hydroxylation is 1. The summed E-state index contributed by atoms with van der Waals surface area (Å²) in [5.41, 5.74) is 2.04. The van der Waals surface area contributed by atoms with Crippen LogP contribution in [0.1, 0.15) is 24.0 Å². The molecule has 4 atom stereocenters. The van der Waals surface area contributed by atoms with E-state index in [9.17, 15) is 14.4 Å². The molecule has 3 fully saturated rings. The third-order valence-corrected chi connectivity index (χ3v) is 7.91. The Morgan fingerprint density at radius 1 is 1.10 bits per heavy atom. The number of amides is 3. The number of hydrogen-bond donors (Lipinski definition) is 1. The Balaban J connectivity index is 1.58. The first kappa shape index (κ1) is 18.3. The van der Waals surface area contributed by atoms with Gasteiger partial charge in [0, 0.05) is 21.8 Å². The molecule has 7 heteroatoms. The molecule has 4 heterocycles. The molecule has 2 aromatic rings. The van der Waals surface area contributed by atoms with Crippen molar-refractivity contribution in [3.63, 3.8) is 0 Å². The lowest BCUT2D eigenvalue weighted by Gasteiger charge is -2.36. The number of carbonyl (C=O) groups is 3. The SMILES string of the molecule is Cc1ccc2c(c1)[C@]1(C(=O)N2)[C@@H]2C(=O)N(c3ccccc3Br)C(=O)[C@@H]2[C@H]2CCCN21. The molecule has 0 radical (unpaired) electrons. The van der Waals surface area contributed by atoms with Crippen LogP contribution in [0, 0.1) is 18.8 Å². The minimum absolute atomic E-state index is 0.101. The van der Waals surface area contributed by atoms with Crippen molar-refractivity contribution < 1.29 is 14.4 Å². The maximum absolute atomic E-state index is 13.9. The Labute approximate surface area is 182 Å². The molecule has 6 rings (SSSR count). The van der Waals surface area contributed by atoms with E-state index in [4.69, 9.17) is 0 Å². The maximum atomic E-state index is 13.9. The molecule has 6 nitrogen and oxygen atoms in total. The lowest BCUT2D eigenvalue weighted by molar-refractivity contribution is -0.135. The summed E-state index contributed by atoms with van der Waals surface area (Å²) in [6.07, 6.45) is 1.74. The molecule has 1 spiro atoms. The fourth-order valence-corrected chi connectivity index (χ4v) is 6.65. The van der Waals surface area contributed by atoms with Crippen LogP contribution in [-0.2, 0) is 19.9 Å². The van der Waals surface area contributed by atoms with Crippen LogP contribution in [0.15, 0.2) is 46.9 Å². The molecule has 4 aliphatic rings. The normalized spacial score (nSPS) is 32.0. The van der Waals surface area contributed by atoms with E-state index < -0.39 is 17.4 Å². The number of carbonyl (C=O) groups excluding carboxylic acids is 3. The number of para-hydroxylation sites is 1. The van der Waals surface area contributed by atoms with Crippen molar-refractivity contribution in [2.75, 3.05) is 16.8 Å². The molecule has 4 aliphatic heterocycles. The van der Waals surface area contributed by atoms with E-state index in [1.165, 1.54) is 4.90 Å². The van der Waals surface area contributed by atoms with Crippen LogP contribution in [0.3, 0.4) is 0 Å². The van der Waals surface area contributed by atoms with Gasteiger partial charge in [0.15, 0.2) is 0 Å². The first-order valence-corrected chi connectivity index (χ1v) is 11.1. The van der Waals surface area contributed by atoms with Crippen LogP contribution in [0.2, 0.25) is 0 Å². The largest absolute Gasteiger partial charge is 0.324 e. The Morgan fingerprint density at radius 2 is 1.90 bits per heavy atom. The van der Waals surface area contributed by atoms with Crippen molar-refractivity contribution in [2.24, 2.45) is 11.8 Å². The van der Waals surface area contributed by atoms with E-state index in [2.05, 4.69) is 26.1 Å². The monoisotopic (exact) mass is 465 g/mol. The smallest absolute Gasteiger partial charge is 0.250 e. The van der Waals surface area contributed by atoms with Crippen LogP contribution in [0.25, 0.3) is 0 Å². The number of rotatable bonds is 1. The van der Waals surface area contributed by atoms with E-state index >= 15 is 0 Å². The van der Waals surface area contributed by atoms with Gasteiger partial charge in [-0.05, 0) is 60.4 Å². The number of nitrogens with zero attached hydrogens (tertiary/aromatic N) is 2. The van der Waals surface area contributed by atoms with Gasteiger partial charge in [0.05, 0.1) is 17.5 Å². The zero-order chi connectivity index (χ0) is 20.8. The highest BCUT2D eigenvalue weighted by Crippen LogP contribution is 2.60. The third kappa shape index (κ3) is 2.00. The average molecular weight is 466 g/mol. The zero-order valence-electron chi connectivity index (χ0n) is 16.4. The van der Waals surface area contributed by atoms with Gasteiger partial charge in [0.25, 0.3) is 0 Å². The highest BCUT2D eigenvalue weighted by Gasteiger charge is 2.74. The van der Waals surface area contributed by atoms with E-state index in [0.29, 0.717) is 16.7 Å². The van der Waals surface area contributed by atoms with Gasteiger partial charge in [-0.25, -0.2) is 4.90 Å². The topological polar surface area (TPSA) is 69.7 Å². The van der Waals surface area contributed by atoms with Gasteiger partial charge in [-0.3, -0.25) is 19.3 Å². The van der Waals surface area contributed by atoms with Crippen LogP contribution in [0.5, 0.6) is 0 Å². The van der Waals surface area contributed by atoms with Gasteiger partial charge in [-0.2, -0.15) is 0 Å². The van der Waals surface area contributed by atoms with Crippen molar-refractivity contribution in [2.45, 2.75) is 31.3 Å². The minimum Gasteiger partial charge on any atom is -0.324 e. The number of imide groups is 1. The number of anilines is 2. The third-order valence-electron chi connectivity index (χ3n) is 7.24. The number of halogens is 1. The molecule has 3 amide bonds. The van der Waals surface area contributed by atoms with Crippen LogP contribution < -0.4 is 10.2 Å². The van der Waals surface area contributed by atoms with Gasteiger partial charge < -0.3 is 5.32 Å². The van der Waals surface area contributed by atoms with E-state index in [1.54, 1.807) is 6.07 Å². The second kappa shape index (κ2) is 6.02. The molecule has 30 heavy (non-hydrogen) atoms. The number of fused-ring (bicyclic) bond motifs is 7. The summed E-state index contributed by atoms with van der Waals surface area (Å²) in [6.45, 7) is 2.70. The summed E-state index contributed by atoms with van der Waals surface area (Å²) >= 11 is 3.48. The van der Waals surface area contributed by atoms with Gasteiger partial charge in [-0.1, -0.05) is 29.8 Å². The van der Waals surface area contributed by atoms with E-state index in [-0.39, 0.29) is 23.8 Å². The molecule has 0 bridgehead atoms. The molecule has 0 saturated carbocycles. The van der Waals surface area contributed by atoms with Crippen molar-refractivity contribution in [1.82, 2.24) is 4.90 Å². The molecule has 152 valence electrons. The predicted octanol–water partition coefficient (Wildman–Crippen LogP) is 3.19. The van der Waals surface area contributed by atoms with Gasteiger partial charge in [0.1, 0.15) is 5.54 Å². The molecule has 2 aromatic carbocycles. The Kier molecular flexibility index (Phi) is 3.66. The predicted molar refractivity (Wildman–Crippen MR) is 115 cm³/mol. The molecule has 0 aliphatic carbocycles. The fraction of sp³-hybridized carbons (Fsp3) is 0.348. The van der Waals surface area contributed by atoms with Gasteiger partial charge >= 0.3 is 0 Å². The van der Waals surface area contributed by atoms with Gasteiger partial charge in [-0.15, -0.1) is 0 Å². The summed E-state index contributed by atoms with van der Waals surface area (Å²) in [5.74, 6) is -1.89. The number of nitrogens with one attached hydrogen (secondary N) is 1. The fourth-order valence-electron chi connectivity index (χ4n) is 6.19. The molecule has 3 saturated heterocycles. The van der Waals surface area contributed by atoms with Crippen molar-refractivity contribution >= 4 is 45.0 Å². The first-order chi connectivity index (χ1) is 14.5. The Bertz CT molecular complexity index is 1150. The van der Waals surface area contributed by atoms with Crippen molar-refractivity contribution in [3.8, 4) is 0 Å². The summed E-state index contributed by atoms with van der Waals surface area (Å²) in [7, 11) is 0. The first-order valence-electron chi connectivity index (χ1n) is 10.3. The molecular weight excluding hydrogens is 446 g/mol. The Morgan fingerprint density at radius 3 is 2.70 bits per heavy atom. The van der Waals surface area contributed by atoms with Crippen molar-refractivity contribution in [3.05, 3.63) is 58.1 Å². The highest BCUT2D eigenvalue weighted by atomic mass is 79.9. The number of benzene rings is 2. The summed E-state index contributed by atoms with van der Waals surface area (Å²) in [6, 6.07) is 13.0. The van der Waals surface area contributed by atoms with Crippen LogP contribution in [0.4, 0.5) is 11.4 Å². The van der Waals surface area contributed by atoms with E-state index in [0.717, 1.165) is 29.7 Å². The van der Waals surface area contributed by atoms with Crippen LogP contribution in [-0.4, -0.2) is 35.2 Å². The summed E-state index contributed by atoms with van der Waals surface area (Å²) < 4.78 is 0.691. The second-order valence-corrected chi connectivity index (χ2v) is 9.49. The maximum Gasteiger partial charge on any atom is 0.250 e. The van der Waals surface area contributed by atoms with Gasteiger partial charge in [0.2, 0.25) is 17.7 Å². The lowest BCUT2D eigenvalue weighted by Crippen LogP contribution is -2.54. The molecule has 0 unspecified atom stereocenters. The number of hydrogen-bond acceptors (Lipinski definition) is 4. The highest BCUT2D eigenvalue weighted by molar-refractivity contribution is 9.10. The minimum atomic E-state index is -1.12. The molecule has 1 N–H and O–H groups in total. The second-order valence-electron chi connectivity index (χ2n) is 8.64.